The molecule has 0 atom stereocenters. The maximum atomic E-state index is 10.4. The summed E-state index contributed by atoms with van der Waals surface area (Å²) in [6.07, 6.45) is 1.04. The van der Waals surface area contributed by atoms with Crippen LogP contribution in [0.15, 0.2) is 0 Å². The van der Waals surface area contributed by atoms with Gasteiger partial charge >= 0.3 is 0 Å². The maximum Gasteiger partial charge on any atom is 0.129 e. The summed E-state index contributed by atoms with van der Waals surface area (Å²) >= 11 is 0. The Hall–Kier alpha value is -0.410. The lowest BCUT2D eigenvalue weighted by Crippen LogP contribution is -2.11. The Bertz CT molecular complexity index is 97.0. The number of Topliss-reactive ketones (excluding diaryl/α,β-unsaturated/α-hetero) is 1. The van der Waals surface area contributed by atoms with Crippen LogP contribution in [0.4, 0.5) is 0 Å². The monoisotopic (exact) mass is 146 g/mol. The Balaban J connectivity index is 3.34. The second-order valence-corrected chi connectivity index (χ2v) is 2.47. The predicted molar refractivity (Wildman–Crippen MR) is 37.6 cm³/mol. The largest absolute Gasteiger partial charge is 0.396 e. The van der Waals surface area contributed by atoms with Gasteiger partial charge in [0.25, 0.3) is 0 Å². The Morgan fingerprint density at radius 1 is 1.40 bits per heavy atom. The summed E-state index contributed by atoms with van der Waals surface area (Å²) in [7, 11) is 0. The van der Waals surface area contributed by atoms with Gasteiger partial charge in [-0.2, -0.15) is 0 Å². The van der Waals surface area contributed by atoms with Gasteiger partial charge in [-0.1, -0.05) is 0 Å². The van der Waals surface area contributed by atoms with Crippen LogP contribution in [0.5, 0.6) is 0 Å². The first-order chi connectivity index (χ1) is 4.70. The highest BCUT2D eigenvalue weighted by Gasteiger charge is 2.05. The van der Waals surface area contributed by atoms with Crippen LogP contribution >= 0.6 is 0 Å². The van der Waals surface area contributed by atoms with Crippen LogP contribution < -0.4 is 0 Å². The van der Waals surface area contributed by atoms with E-state index in [4.69, 9.17) is 10.2 Å². The SMILES string of the molecule is CC(=O)CCC(CO)CO. The van der Waals surface area contributed by atoms with E-state index in [1.165, 1.54) is 6.92 Å². The quantitative estimate of drug-likeness (QED) is 0.572. The molecule has 0 aromatic rings. The van der Waals surface area contributed by atoms with Crippen LogP contribution in [0.3, 0.4) is 0 Å². The van der Waals surface area contributed by atoms with E-state index in [-0.39, 0.29) is 24.9 Å². The van der Waals surface area contributed by atoms with Crippen molar-refractivity contribution in [2.24, 2.45) is 5.92 Å². The van der Waals surface area contributed by atoms with E-state index >= 15 is 0 Å². The van der Waals surface area contributed by atoms with Gasteiger partial charge in [0.1, 0.15) is 5.78 Å². The van der Waals surface area contributed by atoms with Gasteiger partial charge < -0.3 is 15.0 Å². The molecular formula is C7H14O3. The van der Waals surface area contributed by atoms with Gasteiger partial charge in [0.15, 0.2) is 0 Å². The van der Waals surface area contributed by atoms with E-state index in [9.17, 15) is 4.79 Å². The molecule has 0 aliphatic carbocycles. The van der Waals surface area contributed by atoms with Crippen LogP contribution in [0, 0.1) is 5.92 Å². The molecule has 0 amide bonds. The summed E-state index contributed by atoms with van der Waals surface area (Å²) in [4.78, 5) is 10.4. The molecule has 0 spiro atoms. The zero-order valence-electron chi connectivity index (χ0n) is 6.21. The molecule has 3 nitrogen and oxygen atoms in total. The van der Waals surface area contributed by atoms with Gasteiger partial charge in [0.05, 0.1) is 0 Å². The smallest absolute Gasteiger partial charge is 0.129 e. The number of carbonyl (C=O) groups excluding carboxylic acids is 1. The minimum atomic E-state index is -0.121. The fourth-order valence-electron chi connectivity index (χ4n) is 0.648. The van der Waals surface area contributed by atoms with E-state index in [1.54, 1.807) is 0 Å². The van der Waals surface area contributed by atoms with Crippen molar-refractivity contribution in [2.45, 2.75) is 19.8 Å². The summed E-state index contributed by atoms with van der Waals surface area (Å²) in [5.74, 6) is -0.0178. The van der Waals surface area contributed by atoms with E-state index < -0.39 is 0 Å². The minimum absolute atomic E-state index is 0.0379. The lowest BCUT2D eigenvalue weighted by atomic mass is 10.0. The zero-order chi connectivity index (χ0) is 7.98. The maximum absolute atomic E-state index is 10.4. The molecule has 0 bridgehead atoms. The Kier molecular flexibility index (Phi) is 5.16. The molecule has 0 rings (SSSR count). The zero-order valence-corrected chi connectivity index (χ0v) is 6.21. The molecule has 0 unspecified atom stereocenters. The molecule has 0 heterocycles. The predicted octanol–water partition coefficient (Wildman–Crippen LogP) is -0.0436. The van der Waals surface area contributed by atoms with Crippen LogP contribution in [-0.2, 0) is 4.79 Å². The summed E-state index contributed by atoms with van der Waals surface area (Å²) in [6.45, 7) is 1.43. The molecule has 0 radical (unpaired) electrons. The van der Waals surface area contributed by atoms with Crippen LogP contribution in [0.25, 0.3) is 0 Å². The number of ketones is 1. The first kappa shape index (κ1) is 9.59. The van der Waals surface area contributed by atoms with Gasteiger partial charge in [0.2, 0.25) is 0 Å². The van der Waals surface area contributed by atoms with Crippen molar-refractivity contribution < 1.29 is 15.0 Å². The fourth-order valence-corrected chi connectivity index (χ4v) is 0.648. The van der Waals surface area contributed by atoms with Gasteiger partial charge in [-0.25, -0.2) is 0 Å². The van der Waals surface area contributed by atoms with E-state index in [1.807, 2.05) is 0 Å². The van der Waals surface area contributed by atoms with E-state index in [2.05, 4.69) is 0 Å². The number of aliphatic hydroxyl groups is 2. The number of aliphatic hydroxyl groups excluding tert-OH is 2. The third kappa shape index (κ3) is 4.47. The third-order valence-corrected chi connectivity index (χ3v) is 1.42. The highest BCUT2D eigenvalue weighted by molar-refractivity contribution is 5.75. The van der Waals surface area contributed by atoms with E-state index in [0.717, 1.165) is 0 Å². The van der Waals surface area contributed by atoms with Crippen molar-refractivity contribution in [3.05, 3.63) is 0 Å². The Labute approximate surface area is 60.7 Å². The second-order valence-electron chi connectivity index (χ2n) is 2.47. The molecule has 10 heavy (non-hydrogen) atoms. The van der Waals surface area contributed by atoms with E-state index in [0.29, 0.717) is 12.8 Å². The lowest BCUT2D eigenvalue weighted by Gasteiger charge is -2.07. The fraction of sp³-hybridized carbons (Fsp3) is 0.857. The molecule has 0 aliphatic rings. The molecule has 2 N–H and O–H groups in total. The molecule has 0 saturated carbocycles. The second kappa shape index (κ2) is 5.38. The van der Waals surface area contributed by atoms with Crippen LogP contribution in [0.1, 0.15) is 19.8 Å². The summed E-state index contributed by atoms with van der Waals surface area (Å²) in [5, 5.41) is 17.1. The first-order valence-electron chi connectivity index (χ1n) is 3.41. The van der Waals surface area contributed by atoms with Crippen molar-refractivity contribution in [3.63, 3.8) is 0 Å². The van der Waals surface area contributed by atoms with Crippen molar-refractivity contribution in [1.29, 1.82) is 0 Å². The molecule has 0 aromatic heterocycles. The van der Waals surface area contributed by atoms with Crippen molar-refractivity contribution in [1.82, 2.24) is 0 Å². The molecule has 60 valence electrons. The van der Waals surface area contributed by atoms with Crippen molar-refractivity contribution >= 4 is 5.78 Å². The standard InChI is InChI=1S/C7H14O3/c1-6(10)2-3-7(4-8)5-9/h7-9H,2-5H2,1H3. The highest BCUT2D eigenvalue weighted by Crippen LogP contribution is 2.04. The summed E-state index contributed by atoms with van der Waals surface area (Å²) in [5.41, 5.74) is 0. The molecule has 0 fully saturated rings. The first-order valence-corrected chi connectivity index (χ1v) is 3.41. The Morgan fingerprint density at radius 2 is 1.90 bits per heavy atom. The number of rotatable bonds is 5. The van der Waals surface area contributed by atoms with Crippen LogP contribution in [0.2, 0.25) is 0 Å². The molecular weight excluding hydrogens is 132 g/mol. The third-order valence-electron chi connectivity index (χ3n) is 1.42. The van der Waals surface area contributed by atoms with Crippen LogP contribution in [-0.4, -0.2) is 29.2 Å². The normalized spacial score (nSPS) is 10.4. The number of hydrogen-bond acceptors (Lipinski definition) is 3. The lowest BCUT2D eigenvalue weighted by molar-refractivity contribution is -0.117. The summed E-state index contributed by atoms with van der Waals surface area (Å²) in [6, 6.07) is 0. The number of carbonyl (C=O) groups is 1. The highest BCUT2D eigenvalue weighted by atomic mass is 16.3. The topological polar surface area (TPSA) is 57.5 Å². The molecule has 0 aliphatic heterocycles. The minimum Gasteiger partial charge on any atom is -0.396 e. The Morgan fingerprint density at radius 3 is 2.20 bits per heavy atom. The van der Waals surface area contributed by atoms with Gasteiger partial charge in [-0.05, 0) is 13.3 Å². The van der Waals surface area contributed by atoms with Crippen molar-refractivity contribution in [3.8, 4) is 0 Å². The van der Waals surface area contributed by atoms with Gasteiger partial charge in [-0.15, -0.1) is 0 Å². The van der Waals surface area contributed by atoms with Crippen molar-refractivity contribution in [2.75, 3.05) is 13.2 Å². The number of hydrogen-bond donors (Lipinski definition) is 2. The van der Waals surface area contributed by atoms with Gasteiger partial charge in [0, 0.05) is 25.6 Å². The van der Waals surface area contributed by atoms with Gasteiger partial charge in [-0.3, -0.25) is 0 Å². The molecule has 3 heteroatoms. The molecule has 0 saturated heterocycles. The molecule has 0 aromatic carbocycles. The average molecular weight is 146 g/mol. The summed E-state index contributed by atoms with van der Waals surface area (Å²) < 4.78 is 0. The average Bonchev–Trinajstić information content (AvgIpc) is 1.90.